The molecule has 0 saturated carbocycles. The molecule has 1 aromatic heterocycles. The second kappa shape index (κ2) is 6.99. The van der Waals surface area contributed by atoms with Crippen molar-refractivity contribution >= 4 is 15.9 Å². The van der Waals surface area contributed by atoms with Crippen LogP contribution in [-0.4, -0.2) is 21.5 Å². The fourth-order valence-electron chi connectivity index (χ4n) is 2.32. The molecule has 1 atom stereocenters. The molecule has 2 aromatic rings. The van der Waals surface area contributed by atoms with Gasteiger partial charge in [0.2, 0.25) is 0 Å². The Kier molecular flexibility index (Phi) is 5.31. The van der Waals surface area contributed by atoms with Crippen molar-refractivity contribution in [2.24, 2.45) is 0 Å². The molecule has 4 nitrogen and oxygen atoms in total. The average molecular weight is 337 g/mol. The van der Waals surface area contributed by atoms with Crippen LogP contribution in [0.2, 0.25) is 0 Å². The van der Waals surface area contributed by atoms with Gasteiger partial charge in [0.05, 0.1) is 17.9 Å². The second-order valence-electron chi connectivity index (χ2n) is 4.90. The van der Waals surface area contributed by atoms with Gasteiger partial charge in [0.15, 0.2) is 0 Å². The van der Waals surface area contributed by atoms with Crippen molar-refractivity contribution in [2.45, 2.75) is 39.8 Å². The van der Waals surface area contributed by atoms with Crippen molar-refractivity contribution in [3.05, 3.63) is 45.7 Å². The SMILES string of the molecule is CCCn1nncc1C(NCC)c1ccc(C)cc1Br. The lowest BCUT2D eigenvalue weighted by atomic mass is 10.0. The number of aromatic nitrogens is 3. The van der Waals surface area contributed by atoms with E-state index in [0.717, 1.165) is 29.7 Å². The van der Waals surface area contributed by atoms with E-state index in [1.165, 1.54) is 11.1 Å². The Balaban J connectivity index is 2.42. The third-order valence-electron chi connectivity index (χ3n) is 3.25. The van der Waals surface area contributed by atoms with Gasteiger partial charge in [-0.25, -0.2) is 4.68 Å². The van der Waals surface area contributed by atoms with Crippen LogP contribution in [0.15, 0.2) is 28.9 Å². The van der Waals surface area contributed by atoms with E-state index in [9.17, 15) is 0 Å². The second-order valence-corrected chi connectivity index (χ2v) is 5.75. The number of hydrogen-bond acceptors (Lipinski definition) is 3. The summed E-state index contributed by atoms with van der Waals surface area (Å²) in [6.07, 6.45) is 2.90. The summed E-state index contributed by atoms with van der Waals surface area (Å²) in [4.78, 5) is 0. The van der Waals surface area contributed by atoms with Gasteiger partial charge in [0.1, 0.15) is 0 Å². The first-order valence-electron chi connectivity index (χ1n) is 7.05. The topological polar surface area (TPSA) is 42.7 Å². The lowest BCUT2D eigenvalue weighted by Crippen LogP contribution is -2.25. The first kappa shape index (κ1) is 15.2. The number of aryl methyl sites for hydroxylation is 2. The Bertz CT molecular complexity index is 565. The maximum absolute atomic E-state index is 4.19. The quantitative estimate of drug-likeness (QED) is 0.878. The van der Waals surface area contributed by atoms with Gasteiger partial charge in [0.25, 0.3) is 0 Å². The van der Waals surface area contributed by atoms with E-state index >= 15 is 0 Å². The summed E-state index contributed by atoms with van der Waals surface area (Å²) >= 11 is 3.68. The molecule has 0 amide bonds. The van der Waals surface area contributed by atoms with Gasteiger partial charge in [0, 0.05) is 11.0 Å². The number of nitrogens with zero attached hydrogens (tertiary/aromatic N) is 3. The Morgan fingerprint density at radius 1 is 1.35 bits per heavy atom. The maximum Gasteiger partial charge on any atom is 0.0802 e. The van der Waals surface area contributed by atoms with Crippen molar-refractivity contribution in [1.29, 1.82) is 0 Å². The Morgan fingerprint density at radius 2 is 2.15 bits per heavy atom. The highest BCUT2D eigenvalue weighted by Crippen LogP contribution is 2.29. The molecule has 0 aliphatic heterocycles. The van der Waals surface area contributed by atoms with E-state index in [-0.39, 0.29) is 6.04 Å². The summed E-state index contributed by atoms with van der Waals surface area (Å²) in [6.45, 7) is 8.14. The predicted octanol–water partition coefficient (Wildman–Crippen LogP) is 3.46. The number of rotatable bonds is 6. The molecule has 2 rings (SSSR count). The minimum atomic E-state index is 0.108. The van der Waals surface area contributed by atoms with E-state index in [0.29, 0.717) is 0 Å². The monoisotopic (exact) mass is 336 g/mol. The van der Waals surface area contributed by atoms with Crippen LogP contribution in [0.5, 0.6) is 0 Å². The molecule has 1 heterocycles. The molecule has 0 radical (unpaired) electrons. The lowest BCUT2D eigenvalue weighted by molar-refractivity contribution is 0.511. The Morgan fingerprint density at radius 3 is 2.80 bits per heavy atom. The summed E-state index contributed by atoms with van der Waals surface area (Å²) < 4.78 is 3.10. The van der Waals surface area contributed by atoms with Crippen molar-refractivity contribution in [3.8, 4) is 0 Å². The van der Waals surface area contributed by atoms with Gasteiger partial charge in [-0.05, 0) is 37.1 Å². The van der Waals surface area contributed by atoms with Crippen LogP contribution in [-0.2, 0) is 6.54 Å². The molecule has 1 unspecified atom stereocenters. The van der Waals surface area contributed by atoms with Crippen LogP contribution in [0.3, 0.4) is 0 Å². The highest BCUT2D eigenvalue weighted by Gasteiger charge is 2.20. The number of halogens is 1. The molecule has 20 heavy (non-hydrogen) atoms. The molecule has 0 spiro atoms. The standard InChI is InChI=1S/C15H21BrN4/c1-4-8-20-14(10-18-19-20)15(17-5-2)12-7-6-11(3)9-13(12)16/h6-7,9-10,15,17H,4-5,8H2,1-3H3. The zero-order valence-electron chi connectivity index (χ0n) is 12.2. The van der Waals surface area contributed by atoms with E-state index in [1.54, 1.807) is 0 Å². The first-order chi connectivity index (χ1) is 9.67. The largest absolute Gasteiger partial charge is 0.305 e. The predicted molar refractivity (Wildman–Crippen MR) is 84.7 cm³/mol. The zero-order valence-corrected chi connectivity index (χ0v) is 13.8. The zero-order chi connectivity index (χ0) is 14.5. The molecular formula is C15H21BrN4. The molecule has 0 aliphatic carbocycles. The molecule has 0 fully saturated rings. The summed E-state index contributed by atoms with van der Waals surface area (Å²) in [6, 6.07) is 6.55. The Hall–Kier alpha value is -1.20. The fourth-order valence-corrected chi connectivity index (χ4v) is 3.04. The first-order valence-corrected chi connectivity index (χ1v) is 7.84. The van der Waals surface area contributed by atoms with Gasteiger partial charge in [-0.3, -0.25) is 0 Å². The summed E-state index contributed by atoms with van der Waals surface area (Å²) in [5.74, 6) is 0. The van der Waals surface area contributed by atoms with E-state index in [1.807, 2.05) is 10.9 Å². The fraction of sp³-hybridized carbons (Fsp3) is 0.467. The molecule has 1 aromatic carbocycles. The molecule has 0 saturated heterocycles. The third kappa shape index (κ3) is 3.27. The van der Waals surface area contributed by atoms with Crippen LogP contribution in [0.4, 0.5) is 0 Å². The number of hydrogen-bond donors (Lipinski definition) is 1. The van der Waals surface area contributed by atoms with Crippen molar-refractivity contribution < 1.29 is 0 Å². The smallest absolute Gasteiger partial charge is 0.0802 e. The van der Waals surface area contributed by atoms with Gasteiger partial charge in [-0.1, -0.05) is 47.1 Å². The van der Waals surface area contributed by atoms with Gasteiger partial charge in [-0.2, -0.15) is 0 Å². The van der Waals surface area contributed by atoms with Crippen LogP contribution in [0.25, 0.3) is 0 Å². The third-order valence-corrected chi connectivity index (χ3v) is 3.94. The normalized spacial score (nSPS) is 12.6. The van der Waals surface area contributed by atoms with Crippen LogP contribution < -0.4 is 5.32 Å². The van der Waals surface area contributed by atoms with Crippen molar-refractivity contribution in [1.82, 2.24) is 20.3 Å². The summed E-state index contributed by atoms with van der Waals surface area (Å²) in [5, 5.41) is 11.8. The van der Waals surface area contributed by atoms with E-state index in [4.69, 9.17) is 0 Å². The maximum atomic E-state index is 4.19. The molecular weight excluding hydrogens is 316 g/mol. The van der Waals surface area contributed by atoms with Crippen LogP contribution in [0.1, 0.15) is 43.1 Å². The highest BCUT2D eigenvalue weighted by atomic mass is 79.9. The molecule has 108 valence electrons. The number of nitrogens with one attached hydrogen (secondary N) is 1. The molecule has 5 heteroatoms. The minimum absolute atomic E-state index is 0.108. The minimum Gasteiger partial charge on any atom is -0.305 e. The molecule has 1 N–H and O–H groups in total. The molecule has 0 aliphatic rings. The van der Waals surface area contributed by atoms with Gasteiger partial charge >= 0.3 is 0 Å². The van der Waals surface area contributed by atoms with E-state index < -0.39 is 0 Å². The van der Waals surface area contributed by atoms with Gasteiger partial charge in [-0.15, -0.1) is 5.10 Å². The van der Waals surface area contributed by atoms with Crippen molar-refractivity contribution in [2.75, 3.05) is 6.54 Å². The van der Waals surface area contributed by atoms with Crippen LogP contribution >= 0.6 is 15.9 Å². The van der Waals surface area contributed by atoms with Gasteiger partial charge < -0.3 is 5.32 Å². The lowest BCUT2D eigenvalue weighted by Gasteiger charge is -2.20. The summed E-state index contributed by atoms with van der Waals surface area (Å²) in [7, 11) is 0. The summed E-state index contributed by atoms with van der Waals surface area (Å²) in [5.41, 5.74) is 3.58. The van der Waals surface area contributed by atoms with Crippen LogP contribution in [0, 0.1) is 6.92 Å². The molecule has 0 bridgehead atoms. The Labute approximate surface area is 128 Å². The van der Waals surface area contributed by atoms with Crippen molar-refractivity contribution in [3.63, 3.8) is 0 Å². The number of benzene rings is 1. The average Bonchev–Trinajstić information content (AvgIpc) is 2.85. The van der Waals surface area contributed by atoms with E-state index in [2.05, 4.69) is 70.5 Å². The highest BCUT2D eigenvalue weighted by molar-refractivity contribution is 9.10.